The summed E-state index contributed by atoms with van der Waals surface area (Å²) < 4.78 is 0. The molecule has 110 valence electrons. The van der Waals surface area contributed by atoms with Gasteiger partial charge in [-0.1, -0.05) is 0 Å². The summed E-state index contributed by atoms with van der Waals surface area (Å²) in [5.74, 6) is 0. The van der Waals surface area contributed by atoms with Crippen LogP contribution in [0.1, 0.15) is 0 Å². The Morgan fingerprint density at radius 1 is 0.500 bits per heavy atom. The number of hydrogen-bond acceptors (Lipinski definition) is 4. The second kappa shape index (κ2) is 158. The molecule has 0 atom stereocenters. The Kier molecular flexibility index (Phi) is 1620. The van der Waals surface area contributed by atoms with Crippen molar-refractivity contribution >= 4 is 7.32 Å². The molecule has 0 fully saturated rings. The minimum atomic E-state index is -2.67. The van der Waals surface area contributed by atoms with Gasteiger partial charge in [0.25, 0.3) is 0 Å². The van der Waals surface area contributed by atoms with Crippen molar-refractivity contribution in [2.45, 2.75) is 0 Å². The van der Waals surface area contributed by atoms with Crippen molar-refractivity contribution in [1.29, 1.82) is 0 Å². The summed E-state index contributed by atoms with van der Waals surface area (Å²) in [4.78, 5) is 2.39. The van der Waals surface area contributed by atoms with Gasteiger partial charge in [-0.3, -0.25) is 0 Å². The van der Waals surface area contributed by atoms with Crippen LogP contribution >= 0.6 is 0 Å². The van der Waals surface area contributed by atoms with E-state index in [1.165, 1.54) is 0 Å². The zero-order chi connectivity index (χ0) is 4.28. The smallest absolute Gasteiger partial charge is 0.871 e. The molecule has 0 aromatic carbocycles. The largest absolute Gasteiger partial charge is 1.00 e. The predicted octanol–water partition coefficient (Wildman–Crippen LogP) is -21.3. The summed E-state index contributed by atoms with van der Waals surface area (Å²) >= 11 is 0. The van der Waals surface area contributed by atoms with E-state index < -0.39 is 7.32 Å². The molecular formula is H20BNa3O14. The fourth-order valence-electron chi connectivity index (χ4n) is 0. The molecule has 0 heterocycles. The Morgan fingerprint density at radius 3 is 0.556 bits per heavy atom. The van der Waals surface area contributed by atoms with Gasteiger partial charge in [-0.25, -0.2) is 0 Å². The molecule has 0 aliphatic rings. The van der Waals surface area contributed by atoms with Crippen LogP contribution in [0.4, 0.5) is 0 Å². The van der Waals surface area contributed by atoms with Crippen LogP contribution in [-0.4, -0.2) is 62.1 Å². The average molecular weight is 324 g/mol. The molecule has 14 nitrogen and oxygen atoms in total. The third-order valence-electron chi connectivity index (χ3n) is 0.0786. The van der Waals surface area contributed by atoms with Gasteiger partial charge in [0.1, 0.15) is 0 Å². The first-order chi connectivity index (χ1) is 2.27. The fraction of sp³-hybridized carbons (Fsp3) is 0. The Hall–Kier alpha value is 2.50. The third kappa shape index (κ3) is 279. The maximum Gasteiger partial charge on any atom is 1.00 e. The van der Waals surface area contributed by atoms with Crippen molar-refractivity contribution in [1.82, 2.24) is 0 Å². The summed E-state index contributed by atoms with van der Waals surface area (Å²) in [6.07, 6.45) is 0. The van der Waals surface area contributed by atoms with Crippen molar-refractivity contribution in [2.24, 2.45) is 0 Å². The summed E-state index contributed by atoms with van der Waals surface area (Å²) in [6, 6.07) is 0. The van der Waals surface area contributed by atoms with E-state index in [0.29, 0.717) is 0 Å². The van der Waals surface area contributed by atoms with E-state index in [2.05, 4.69) is 4.81 Å². The van der Waals surface area contributed by atoms with E-state index in [1.54, 1.807) is 0 Å². The van der Waals surface area contributed by atoms with Crippen molar-refractivity contribution in [3.05, 3.63) is 0 Å². The van der Waals surface area contributed by atoms with Crippen LogP contribution in [0, 0.1) is 0 Å². The first kappa shape index (κ1) is 184. The van der Waals surface area contributed by atoms with Crippen molar-refractivity contribution < 1.29 is 164 Å². The van der Waals surface area contributed by atoms with Gasteiger partial charge in [0.05, 0.1) is 0 Å². The molecule has 0 rings (SSSR count). The molecule has 20 N–H and O–H groups in total. The molecule has 0 radical (unpaired) electrons. The summed E-state index contributed by atoms with van der Waals surface area (Å²) in [5, 5.41) is 26.1. The molecule has 18 heavy (non-hydrogen) atoms. The van der Waals surface area contributed by atoms with E-state index in [1.807, 2.05) is 0 Å². The molecule has 18 heteroatoms. The maximum atomic E-state index is 8.81. The molecule has 0 aliphatic carbocycles. The third-order valence-corrected chi connectivity index (χ3v) is 0.0786. The molecule has 0 amide bonds. The zero-order valence-electron chi connectivity index (χ0n) is 10.2. The van der Waals surface area contributed by atoms with Crippen molar-refractivity contribution in [2.75, 3.05) is 0 Å². The molecule has 0 aromatic rings. The first-order valence-electron chi connectivity index (χ1n) is 0.874. The fourth-order valence-corrected chi connectivity index (χ4v) is 0. The monoisotopic (exact) mass is 324 g/mol. The minimum absolute atomic E-state index is 0. The van der Waals surface area contributed by atoms with Gasteiger partial charge in [0.15, 0.2) is 0 Å². The Bertz CT molecular complexity index is 31.0. The summed E-state index contributed by atoms with van der Waals surface area (Å²) in [6.45, 7) is 0. The molecule has 0 aromatic heterocycles. The Balaban J connectivity index is -0.00000000103. The molecule has 0 saturated heterocycles. The molecular weight excluding hydrogens is 304 g/mol. The van der Waals surface area contributed by atoms with E-state index in [-0.39, 0.29) is 143 Å². The van der Waals surface area contributed by atoms with Gasteiger partial charge < -0.3 is 74.9 Å². The second-order valence-corrected chi connectivity index (χ2v) is 0.385. The quantitative estimate of drug-likeness (QED) is 0.257. The molecule has 0 unspecified atom stereocenters. The second-order valence-electron chi connectivity index (χ2n) is 0.385. The van der Waals surface area contributed by atoms with Crippen LogP contribution in [-0.2, 0) is 4.81 Å². The Morgan fingerprint density at radius 2 is 0.556 bits per heavy atom. The predicted molar refractivity (Wildman–Crippen MR) is 43.0 cm³/mol. The number of hydrogen-bond donors (Lipinski definition) is 0. The van der Waals surface area contributed by atoms with Crippen LogP contribution in [0.25, 0.3) is 0 Å². The van der Waals surface area contributed by atoms with Crippen LogP contribution in [0.15, 0.2) is 0 Å². The minimum Gasteiger partial charge on any atom is -0.871 e. The molecule has 0 aliphatic heterocycles. The van der Waals surface area contributed by atoms with Crippen LogP contribution < -0.4 is 104 Å². The van der Waals surface area contributed by atoms with Gasteiger partial charge in [-0.2, -0.15) is 0 Å². The normalized spacial score (nSPS) is 2.17. The van der Waals surface area contributed by atoms with Gasteiger partial charge >= 0.3 is 88.7 Å². The van der Waals surface area contributed by atoms with Gasteiger partial charge in [-0.05, 0) is 0 Å². The van der Waals surface area contributed by atoms with E-state index in [9.17, 15) is 0 Å². The first-order valence-corrected chi connectivity index (χ1v) is 0.874. The maximum absolute atomic E-state index is 8.81. The topological polar surface area (TPSA) is 393 Å². The standard InChI is InChI=1S/BHO4.3Na.10H2O/c2-1(3)5-4;;;;;;;;;;;;;/h4H;;;;10*1H2/q-2;3*+1;;;;;;;;;;/p-1. The Labute approximate surface area is 169 Å². The molecule has 0 spiro atoms. The van der Waals surface area contributed by atoms with E-state index in [0.717, 1.165) is 0 Å². The SMILES string of the molecule is O.O.O.O.O.O.O.O.O.O.[Na+].[Na+].[Na+].[O-]OB([O-])[O-]. The van der Waals surface area contributed by atoms with E-state index >= 15 is 0 Å². The van der Waals surface area contributed by atoms with Crippen molar-refractivity contribution in [3.63, 3.8) is 0 Å². The van der Waals surface area contributed by atoms with Crippen LogP contribution in [0.3, 0.4) is 0 Å². The summed E-state index contributed by atoms with van der Waals surface area (Å²) in [7, 11) is -2.67. The van der Waals surface area contributed by atoms with Gasteiger partial charge in [-0.15, -0.1) is 0 Å². The molecule has 0 bridgehead atoms. The van der Waals surface area contributed by atoms with Gasteiger partial charge in [0.2, 0.25) is 0 Å². The van der Waals surface area contributed by atoms with Crippen LogP contribution in [0.2, 0.25) is 0 Å². The van der Waals surface area contributed by atoms with E-state index in [4.69, 9.17) is 15.3 Å². The average Bonchev–Trinajstić information content (AvgIpc) is 1.38. The number of rotatable bonds is 1. The van der Waals surface area contributed by atoms with Gasteiger partial charge in [0, 0.05) is 7.32 Å². The summed E-state index contributed by atoms with van der Waals surface area (Å²) in [5.41, 5.74) is 0. The molecule has 0 saturated carbocycles. The van der Waals surface area contributed by atoms with Crippen LogP contribution in [0.5, 0.6) is 0 Å². The zero-order valence-corrected chi connectivity index (χ0v) is 16.2. The van der Waals surface area contributed by atoms with Crippen molar-refractivity contribution in [3.8, 4) is 0 Å².